The monoisotopic (exact) mass is 625 g/mol. The van der Waals surface area contributed by atoms with Crippen molar-refractivity contribution in [3.05, 3.63) is 0 Å². The molecule has 0 aliphatic rings. The highest BCUT2D eigenvalue weighted by Crippen LogP contribution is 2.14. The van der Waals surface area contributed by atoms with Crippen LogP contribution in [0, 0.1) is 0 Å². The lowest BCUT2D eigenvalue weighted by atomic mass is 10.1. The van der Waals surface area contributed by atoms with Crippen LogP contribution in [0.5, 0.6) is 0 Å². The highest BCUT2D eigenvalue weighted by Gasteiger charge is 2.21. The zero-order valence-corrected chi connectivity index (χ0v) is 30.9. The summed E-state index contributed by atoms with van der Waals surface area (Å²) in [7, 11) is 8.60. The van der Waals surface area contributed by atoms with Crippen LogP contribution >= 0.6 is 0 Å². The Morgan fingerprint density at radius 1 is 0.386 bits per heavy atom. The van der Waals surface area contributed by atoms with Crippen molar-refractivity contribution in [1.82, 2.24) is 10.6 Å². The summed E-state index contributed by atoms with van der Waals surface area (Å²) >= 11 is 0. The average Bonchev–Trinajstić information content (AvgIpc) is 2.96. The van der Waals surface area contributed by atoms with E-state index in [1.807, 2.05) is 0 Å². The van der Waals surface area contributed by atoms with Gasteiger partial charge in [-0.15, -0.1) is 0 Å². The van der Waals surface area contributed by atoms with Crippen molar-refractivity contribution in [2.45, 2.75) is 168 Å². The van der Waals surface area contributed by atoms with Gasteiger partial charge in [0.2, 0.25) is 0 Å². The smallest absolute Gasteiger partial charge is 0.275 e. The summed E-state index contributed by atoms with van der Waals surface area (Å²) in [5, 5.41) is 6.01. The van der Waals surface area contributed by atoms with E-state index in [9.17, 15) is 9.59 Å². The fourth-order valence-corrected chi connectivity index (χ4v) is 6.21. The molecule has 2 amide bonds. The molecule has 0 aromatic carbocycles. The fourth-order valence-electron chi connectivity index (χ4n) is 6.21. The van der Waals surface area contributed by atoms with Gasteiger partial charge in [0.15, 0.2) is 13.1 Å². The Hall–Kier alpha value is -1.14. The molecule has 0 spiro atoms. The zero-order chi connectivity index (χ0) is 32.8. The molecule has 0 aromatic heterocycles. The topological polar surface area (TPSA) is 58.2 Å². The number of nitrogens with one attached hydrogen (secondary N) is 2. The zero-order valence-electron chi connectivity index (χ0n) is 30.9. The molecule has 0 radical (unpaired) electrons. The number of unbranched alkanes of at least 4 members (excludes halogenated alkanes) is 22. The van der Waals surface area contributed by atoms with E-state index in [0.29, 0.717) is 26.2 Å². The molecule has 0 bridgehead atoms. The lowest BCUT2D eigenvalue weighted by Gasteiger charge is -2.29. The molecular weight excluding hydrogens is 544 g/mol. The van der Waals surface area contributed by atoms with Crippen LogP contribution in [0.3, 0.4) is 0 Å². The molecule has 0 saturated carbocycles. The molecule has 0 aliphatic heterocycles. The number of hydrogen-bond acceptors (Lipinski definition) is 2. The van der Waals surface area contributed by atoms with Crippen LogP contribution in [-0.4, -0.2) is 88.2 Å². The van der Waals surface area contributed by atoms with Crippen LogP contribution in [0.1, 0.15) is 168 Å². The van der Waals surface area contributed by atoms with E-state index in [1.165, 1.54) is 154 Å². The molecule has 2 N–H and O–H groups in total. The van der Waals surface area contributed by atoms with Crippen LogP contribution < -0.4 is 10.6 Å². The summed E-state index contributed by atoms with van der Waals surface area (Å²) in [6.45, 7) is 8.61. The second kappa shape index (κ2) is 29.3. The Morgan fingerprint density at radius 2 is 0.614 bits per heavy atom. The van der Waals surface area contributed by atoms with Crippen LogP contribution in [0.4, 0.5) is 0 Å². The summed E-state index contributed by atoms with van der Waals surface area (Å²) in [5.74, 6) is 0.151. The molecule has 0 unspecified atom stereocenters. The van der Waals surface area contributed by atoms with Gasteiger partial charge in [0.05, 0.1) is 41.3 Å². The Balaban J connectivity index is 3.73. The SMILES string of the molecule is CCCCCCCCCCCCCC[N+](C)(C)CC(=O)NCCNC(=O)C[N+](C)(C)CCCCCCCCCCCCCC. The summed E-state index contributed by atoms with van der Waals surface area (Å²) in [6.07, 6.45) is 32.5. The third kappa shape index (κ3) is 30.9. The van der Waals surface area contributed by atoms with Crippen molar-refractivity contribution >= 4 is 11.8 Å². The van der Waals surface area contributed by atoms with Gasteiger partial charge in [-0.05, 0) is 25.7 Å². The minimum absolute atomic E-state index is 0.0753. The fraction of sp³-hybridized carbons (Fsp3) is 0.947. The van der Waals surface area contributed by atoms with Gasteiger partial charge in [0.1, 0.15) is 0 Å². The first-order valence-corrected chi connectivity index (χ1v) is 19.3. The van der Waals surface area contributed by atoms with Crippen LogP contribution in [-0.2, 0) is 9.59 Å². The van der Waals surface area contributed by atoms with Crippen molar-refractivity contribution < 1.29 is 18.6 Å². The van der Waals surface area contributed by atoms with Gasteiger partial charge in [-0.3, -0.25) is 9.59 Å². The minimum Gasteiger partial charge on any atom is -0.349 e. The van der Waals surface area contributed by atoms with E-state index in [-0.39, 0.29) is 11.8 Å². The average molecular weight is 625 g/mol. The summed E-state index contributed by atoms with van der Waals surface area (Å²) < 4.78 is 1.45. The third-order valence-corrected chi connectivity index (χ3v) is 9.15. The first-order chi connectivity index (χ1) is 21.1. The number of likely N-dealkylation sites (N-methyl/N-ethyl adjacent to an activating group) is 2. The van der Waals surface area contributed by atoms with Gasteiger partial charge in [-0.2, -0.15) is 0 Å². The number of rotatable bonds is 33. The Kier molecular flexibility index (Phi) is 28.5. The van der Waals surface area contributed by atoms with Crippen LogP contribution in [0.2, 0.25) is 0 Å². The maximum Gasteiger partial charge on any atom is 0.275 e. The molecule has 6 nitrogen and oxygen atoms in total. The molecule has 0 atom stereocenters. The van der Waals surface area contributed by atoms with Crippen molar-refractivity contribution in [1.29, 1.82) is 0 Å². The number of carbonyl (C=O) groups is 2. The lowest BCUT2D eigenvalue weighted by molar-refractivity contribution is -0.882. The van der Waals surface area contributed by atoms with E-state index in [1.54, 1.807) is 0 Å². The molecule has 0 aromatic rings. The largest absolute Gasteiger partial charge is 0.349 e. The maximum absolute atomic E-state index is 12.5. The van der Waals surface area contributed by atoms with Gasteiger partial charge in [-0.1, -0.05) is 142 Å². The molecular formula is C38H80N4O2+2. The standard InChI is InChI=1S/C38H78N4O2/c1-7-9-11-13-15-17-19-21-23-25-27-29-33-41(3,4)35-37(43)39-31-32-40-38(44)36-42(5,6)34-30-28-26-24-22-20-18-16-14-12-10-8-2/h7-36H2,1-6H3/p+2. The van der Waals surface area contributed by atoms with Crippen molar-refractivity contribution in [2.75, 3.05) is 67.5 Å². The Bertz CT molecular complexity index is 609. The lowest BCUT2D eigenvalue weighted by Crippen LogP contribution is -2.50. The highest BCUT2D eigenvalue weighted by atomic mass is 16.2. The van der Waals surface area contributed by atoms with Crippen molar-refractivity contribution in [3.63, 3.8) is 0 Å². The second-order valence-electron chi connectivity index (χ2n) is 15.1. The third-order valence-electron chi connectivity index (χ3n) is 9.15. The number of quaternary nitrogens is 2. The van der Waals surface area contributed by atoms with Gasteiger partial charge in [0.25, 0.3) is 11.8 Å². The van der Waals surface area contributed by atoms with Crippen LogP contribution in [0.25, 0.3) is 0 Å². The van der Waals surface area contributed by atoms with E-state index in [2.05, 4.69) is 52.7 Å². The number of carbonyl (C=O) groups excluding carboxylic acids is 2. The van der Waals surface area contributed by atoms with Gasteiger partial charge < -0.3 is 19.6 Å². The number of amides is 2. The normalized spacial score (nSPS) is 12.0. The summed E-state index contributed by atoms with van der Waals surface area (Å²) in [6, 6.07) is 0. The second-order valence-corrected chi connectivity index (χ2v) is 15.1. The van der Waals surface area contributed by atoms with Crippen molar-refractivity contribution in [2.24, 2.45) is 0 Å². The van der Waals surface area contributed by atoms with Gasteiger partial charge >= 0.3 is 0 Å². The molecule has 0 heterocycles. The van der Waals surface area contributed by atoms with Crippen molar-refractivity contribution in [3.8, 4) is 0 Å². The summed E-state index contributed by atoms with van der Waals surface area (Å²) in [4.78, 5) is 25.0. The quantitative estimate of drug-likeness (QED) is 0.0566. The predicted molar refractivity (Wildman–Crippen MR) is 192 cm³/mol. The molecule has 0 fully saturated rings. The predicted octanol–water partition coefficient (Wildman–Crippen LogP) is 8.77. The maximum atomic E-state index is 12.5. The van der Waals surface area contributed by atoms with E-state index in [4.69, 9.17) is 0 Å². The molecule has 0 aliphatic carbocycles. The summed E-state index contributed by atoms with van der Waals surface area (Å²) in [5.41, 5.74) is 0. The highest BCUT2D eigenvalue weighted by molar-refractivity contribution is 5.78. The van der Waals surface area contributed by atoms with E-state index >= 15 is 0 Å². The number of hydrogen-bond donors (Lipinski definition) is 2. The first-order valence-electron chi connectivity index (χ1n) is 19.3. The number of nitrogens with zero attached hydrogens (tertiary/aromatic N) is 2. The van der Waals surface area contributed by atoms with E-state index < -0.39 is 0 Å². The molecule has 0 rings (SSSR count). The molecule has 262 valence electrons. The Morgan fingerprint density at radius 3 is 0.864 bits per heavy atom. The molecule has 6 heteroatoms. The van der Waals surface area contributed by atoms with Gasteiger partial charge in [0, 0.05) is 13.1 Å². The van der Waals surface area contributed by atoms with E-state index in [0.717, 1.165) is 22.1 Å². The molecule has 44 heavy (non-hydrogen) atoms. The van der Waals surface area contributed by atoms with Gasteiger partial charge in [-0.25, -0.2) is 0 Å². The Labute approximate surface area is 276 Å². The van der Waals surface area contributed by atoms with Crippen LogP contribution in [0.15, 0.2) is 0 Å². The molecule has 0 saturated heterocycles. The minimum atomic E-state index is 0.0753. The first kappa shape index (κ1) is 42.9.